The molecule has 3 aromatic carbocycles. The standard InChI is InChI=1S/C28H30O3Si/c1-23(20-29-2)28-19-18-25(22-30-21-24-12-6-3-7-13-24)31-32(28,26-14-8-4-9-15-26)27-16-10-5-11-17-27/h3-17,19,25H,1,18,20-22H2,2H3. The number of hydrogen-bond acceptors (Lipinski definition) is 3. The highest BCUT2D eigenvalue weighted by Crippen LogP contribution is 2.31. The fourth-order valence-corrected chi connectivity index (χ4v) is 8.66. The Bertz CT molecular complexity index is 993. The zero-order valence-corrected chi connectivity index (χ0v) is 19.6. The molecule has 4 heteroatoms. The van der Waals surface area contributed by atoms with Crippen molar-refractivity contribution in [3.8, 4) is 0 Å². The SMILES string of the molecule is C=C(COC)C1=CCC(COCc2ccccc2)O[Si]1(c1ccccc1)c1ccccc1. The lowest BCUT2D eigenvalue weighted by Gasteiger charge is -2.41. The van der Waals surface area contributed by atoms with Crippen molar-refractivity contribution in [3.05, 3.63) is 120 Å². The molecule has 0 saturated carbocycles. The van der Waals surface area contributed by atoms with Crippen LogP contribution in [0.1, 0.15) is 12.0 Å². The molecule has 3 aromatic rings. The van der Waals surface area contributed by atoms with E-state index in [1.54, 1.807) is 7.11 Å². The van der Waals surface area contributed by atoms with Crippen LogP contribution in [-0.4, -0.2) is 34.7 Å². The Balaban J connectivity index is 1.69. The fourth-order valence-electron chi connectivity index (χ4n) is 4.34. The summed E-state index contributed by atoms with van der Waals surface area (Å²) in [4.78, 5) is 0. The van der Waals surface area contributed by atoms with Crippen molar-refractivity contribution in [1.82, 2.24) is 0 Å². The number of ether oxygens (including phenoxy) is 2. The van der Waals surface area contributed by atoms with Gasteiger partial charge in [0, 0.05) is 7.11 Å². The largest absolute Gasteiger partial charge is 0.398 e. The number of rotatable bonds is 9. The number of benzene rings is 3. The van der Waals surface area contributed by atoms with Crippen LogP contribution < -0.4 is 10.4 Å². The highest BCUT2D eigenvalue weighted by molar-refractivity contribution is 7.03. The summed E-state index contributed by atoms with van der Waals surface area (Å²) in [6, 6.07) is 31.4. The predicted molar refractivity (Wildman–Crippen MR) is 133 cm³/mol. The first-order chi connectivity index (χ1) is 15.7. The van der Waals surface area contributed by atoms with E-state index in [0.717, 1.165) is 12.0 Å². The second kappa shape index (κ2) is 10.7. The van der Waals surface area contributed by atoms with Crippen molar-refractivity contribution in [2.24, 2.45) is 0 Å². The molecule has 1 unspecified atom stereocenters. The van der Waals surface area contributed by atoms with Gasteiger partial charge in [0.15, 0.2) is 0 Å². The average molecular weight is 443 g/mol. The molecule has 1 aliphatic heterocycles. The second-order valence-corrected chi connectivity index (χ2v) is 11.3. The van der Waals surface area contributed by atoms with Crippen molar-refractivity contribution < 1.29 is 13.9 Å². The molecule has 1 heterocycles. The maximum atomic E-state index is 7.09. The number of hydrogen-bond donors (Lipinski definition) is 0. The molecule has 0 radical (unpaired) electrons. The van der Waals surface area contributed by atoms with Gasteiger partial charge in [0.05, 0.1) is 25.9 Å². The minimum Gasteiger partial charge on any atom is -0.398 e. The first-order valence-corrected chi connectivity index (χ1v) is 12.9. The second-order valence-electron chi connectivity index (χ2n) is 8.04. The van der Waals surface area contributed by atoms with Gasteiger partial charge in [-0.25, -0.2) is 0 Å². The molecule has 0 aliphatic carbocycles. The zero-order valence-electron chi connectivity index (χ0n) is 18.6. The van der Waals surface area contributed by atoms with Gasteiger partial charge in [-0.2, -0.15) is 0 Å². The van der Waals surface area contributed by atoms with Gasteiger partial charge < -0.3 is 13.9 Å². The van der Waals surface area contributed by atoms with E-state index in [2.05, 4.69) is 73.3 Å². The van der Waals surface area contributed by atoms with Crippen LogP contribution in [0.4, 0.5) is 0 Å². The lowest BCUT2D eigenvalue weighted by Crippen LogP contribution is -2.66. The molecule has 0 fully saturated rings. The first-order valence-electron chi connectivity index (χ1n) is 11.0. The molecule has 0 bridgehead atoms. The van der Waals surface area contributed by atoms with E-state index in [0.29, 0.717) is 19.8 Å². The summed E-state index contributed by atoms with van der Waals surface area (Å²) >= 11 is 0. The molecule has 3 nitrogen and oxygen atoms in total. The molecule has 1 atom stereocenters. The Morgan fingerprint density at radius 1 is 0.906 bits per heavy atom. The van der Waals surface area contributed by atoms with Crippen molar-refractivity contribution in [1.29, 1.82) is 0 Å². The topological polar surface area (TPSA) is 27.7 Å². The summed E-state index contributed by atoms with van der Waals surface area (Å²) in [6.07, 6.45) is 3.08. The molecule has 0 saturated heterocycles. The Morgan fingerprint density at radius 2 is 1.47 bits per heavy atom. The molecule has 0 amide bonds. The van der Waals surface area contributed by atoms with Crippen LogP contribution in [-0.2, 0) is 20.5 Å². The van der Waals surface area contributed by atoms with Crippen molar-refractivity contribution in [2.75, 3.05) is 20.3 Å². The van der Waals surface area contributed by atoms with Crippen LogP contribution in [0.3, 0.4) is 0 Å². The lowest BCUT2D eigenvalue weighted by atomic mass is 10.2. The average Bonchev–Trinajstić information content (AvgIpc) is 2.86. The highest BCUT2D eigenvalue weighted by atomic mass is 28.4. The minimum atomic E-state index is -2.76. The van der Waals surface area contributed by atoms with Crippen molar-refractivity contribution in [2.45, 2.75) is 19.1 Å². The van der Waals surface area contributed by atoms with E-state index in [-0.39, 0.29) is 6.10 Å². The van der Waals surface area contributed by atoms with E-state index in [1.807, 2.05) is 30.3 Å². The molecule has 1 aliphatic rings. The number of methoxy groups -OCH3 is 1. The third-order valence-corrected chi connectivity index (χ3v) is 10.1. The summed E-state index contributed by atoms with van der Waals surface area (Å²) in [5.41, 5.74) is 2.15. The maximum Gasteiger partial charge on any atom is 0.288 e. The Labute approximate surface area is 192 Å². The minimum absolute atomic E-state index is 0.0233. The normalized spacial score (nSPS) is 17.5. The molecule has 32 heavy (non-hydrogen) atoms. The quantitative estimate of drug-likeness (QED) is 0.459. The molecular formula is C28H30O3Si. The van der Waals surface area contributed by atoms with Crippen LogP contribution in [0.5, 0.6) is 0 Å². The van der Waals surface area contributed by atoms with E-state index in [4.69, 9.17) is 13.9 Å². The molecule has 164 valence electrons. The van der Waals surface area contributed by atoms with Crippen molar-refractivity contribution in [3.63, 3.8) is 0 Å². The first kappa shape index (κ1) is 22.4. The summed E-state index contributed by atoms with van der Waals surface area (Å²) in [5, 5.41) is 3.61. The fraction of sp³-hybridized carbons (Fsp3) is 0.214. The third kappa shape index (κ3) is 4.84. The van der Waals surface area contributed by atoms with Gasteiger partial charge in [0.2, 0.25) is 0 Å². The summed E-state index contributed by atoms with van der Waals surface area (Å²) in [5.74, 6) is 0. The lowest BCUT2D eigenvalue weighted by molar-refractivity contribution is 0.0387. The zero-order chi connectivity index (χ0) is 22.2. The van der Waals surface area contributed by atoms with Crippen LogP contribution in [0, 0.1) is 0 Å². The van der Waals surface area contributed by atoms with Gasteiger partial charge in [-0.3, -0.25) is 0 Å². The van der Waals surface area contributed by atoms with Gasteiger partial charge in [-0.1, -0.05) is 104 Å². The van der Waals surface area contributed by atoms with Gasteiger partial charge in [0.25, 0.3) is 8.32 Å². The van der Waals surface area contributed by atoms with Gasteiger partial charge in [-0.05, 0) is 33.1 Å². The van der Waals surface area contributed by atoms with E-state index in [1.165, 1.54) is 21.1 Å². The smallest absolute Gasteiger partial charge is 0.288 e. The maximum absolute atomic E-state index is 7.09. The van der Waals surface area contributed by atoms with Crippen LogP contribution >= 0.6 is 0 Å². The molecule has 0 N–H and O–H groups in total. The summed E-state index contributed by atoms with van der Waals surface area (Å²) < 4.78 is 18.6. The van der Waals surface area contributed by atoms with E-state index in [9.17, 15) is 0 Å². The third-order valence-electron chi connectivity index (χ3n) is 5.78. The summed E-state index contributed by atoms with van der Waals surface area (Å²) in [7, 11) is -1.04. The predicted octanol–water partition coefficient (Wildman–Crippen LogP) is 4.42. The highest BCUT2D eigenvalue weighted by Gasteiger charge is 2.48. The van der Waals surface area contributed by atoms with Gasteiger partial charge in [-0.15, -0.1) is 0 Å². The van der Waals surface area contributed by atoms with Crippen LogP contribution in [0.2, 0.25) is 0 Å². The van der Waals surface area contributed by atoms with Crippen LogP contribution in [0.25, 0.3) is 0 Å². The Kier molecular flexibility index (Phi) is 7.50. The molecule has 0 aromatic heterocycles. The molecular weight excluding hydrogens is 412 g/mol. The van der Waals surface area contributed by atoms with Crippen molar-refractivity contribution >= 4 is 18.7 Å². The Hall–Kier alpha value is -2.76. The Morgan fingerprint density at radius 3 is 2.03 bits per heavy atom. The molecule has 0 spiro atoms. The van der Waals surface area contributed by atoms with Crippen LogP contribution in [0.15, 0.2) is 114 Å². The van der Waals surface area contributed by atoms with E-state index < -0.39 is 8.32 Å². The van der Waals surface area contributed by atoms with Gasteiger partial charge in [0.1, 0.15) is 0 Å². The summed E-state index contributed by atoms with van der Waals surface area (Å²) in [6.45, 7) is 5.98. The molecule has 4 rings (SSSR count). The monoisotopic (exact) mass is 442 g/mol. The van der Waals surface area contributed by atoms with E-state index >= 15 is 0 Å². The van der Waals surface area contributed by atoms with Gasteiger partial charge >= 0.3 is 0 Å².